The summed E-state index contributed by atoms with van der Waals surface area (Å²) in [4.78, 5) is 19.8. The second kappa shape index (κ2) is 5.65. The van der Waals surface area contributed by atoms with Gasteiger partial charge in [-0.15, -0.1) is 0 Å². The van der Waals surface area contributed by atoms with Crippen LogP contribution in [0.4, 0.5) is 5.69 Å². The lowest BCUT2D eigenvalue weighted by molar-refractivity contribution is 0.102. The maximum atomic E-state index is 12.4. The van der Waals surface area contributed by atoms with Gasteiger partial charge in [-0.25, -0.2) is 4.98 Å². The van der Waals surface area contributed by atoms with Gasteiger partial charge in [-0.05, 0) is 48.9 Å². The minimum absolute atomic E-state index is 0.167. The maximum absolute atomic E-state index is 12.4. The fraction of sp³-hybridized carbons (Fsp3) is 0.222. The molecule has 2 heterocycles. The number of hydrogen-bond acceptors (Lipinski definition) is 4. The Labute approximate surface area is 138 Å². The molecule has 122 valence electrons. The predicted molar refractivity (Wildman–Crippen MR) is 90.3 cm³/mol. The first kappa shape index (κ1) is 14.7. The number of anilines is 1. The molecule has 1 atom stereocenters. The molecule has 1 aliphatic rings. The molecule has 1 aromatic heterocycles. The Morgan fingerprint density at radius 1 is 1.33 bits per heavy atom. The summed E-state index contributed by atoms with van der Waals surface area (Å²) in [6.07, 6.45) is 0.169. The molecular formula is C18H17N3O3. The zero-order chi connectivity index (χ0) is 16.7. The average Bonchev–Trinajstić information content (AvgIpc) is 3.20. The van der Waals surface area contributed by atoms with Crippen LogP contribution in [0.15, 0.2) is 36.4 Å². The van der Waals surface area contributed by atoms with Crippen LogP contribution in [0, 0.1) is 0 Å². The van der Waals surface area contributed by atoms with E-state index in [1.54, 1.807) is 19.1 Å². The third-order valence-electron chi connectivity index (χ3n) is 4.11. The van der Waals surface area contributed by atoms with Crippen molar-refractivity contribution in [1.29, 1.82) is 0 Å². The number of hydrogen-bond donors (Lipinski definition) is 3. The van der Waals surface area contributed by atoms with Crippen LogP contribution in [0.25, 0.3) is 11.0 Å². The van der Waals surface area contributed by atoms with Crippen LogP contribution >= 0.6 is 0 Å². The zero-order valence-corrected chi connectivity index (χ0v) is 13.2. The van der Waals surface area contributed by atoms with Crippen LogP contribution in [0.1, 0.15) is 34.8 Å². The fourth-order valence-corrected chi connectivity index (χ4v) is 2.84. The number of nitrogens with one attached hydrogen (secondary N) is 2. The molecule has 1 amide bonds. The van der Waals surface area contributed by atoms with E-state index in [1.165, 1.54) is 0 Å². The molecule has 3 aromatic rings. The SMILES string of the molecule is CC(O)c1nc2ccc(NC(=O)c3ccc4c(c3)CCO4)cc2[nH]1. The van der Waals surface area contributed by atoms with Crippen molar-refractivity contribution in [2.24, 2.45) is 0 Å². The Bertz CT molecular complexity index is 930. The molecule has 0 spiro atoms. The Hall–Kier alpha value is -2.86. The van der Waals surface area contributed by atoms with E-state index in [9.17, 15) is 9.90 Å². The van der Waals surface area contributed by atoms with E-state index < -0.39 is 6.10 Å². The number of rotatable bonds is 3. The van der Waals surface area contributed by atoms with Gasteiger partial charge in [0.05, 0.1) is 17.6 Å². The minimum atomic E-state index is -0.663. The van der Waals surface area contributed by atoms with Crippen molar-refractivity contribution in [1.82, 2.24) is 9.97 Å². The second-order valence-corrected chi connectivity index (χ2v) is 5.91. The molecule has 0 saturated carbocycles. The summed E-state index contributed by atoms with van der Waals surface area (Å²) in [5.74, 6) is 1.20. The van der Waals surface area contributed by atoms with Crippen LogP contribution in [0.5, 0.6) is 5.75 Å². The van der Waals surface area contributed by atoms with Crippen molar-refractivity contribution in [2.45, 2.75) is 19.4 Å². The van der Waals surface area contributed by atoms with Crippen molar-refractivity contribution in [3.05, 3.63) is 53.3 Å². The van der Waals surface area contributed by atoms with E-state index in [2.05, 4.69) is 15.3 Å². The normalized spacial score (nSPS) is 14.2. The smallest absolute Gasteiger partial charge is 0.255 e. The number of imidazole rings is 1. The highest BCUT2D eigenvalue weighted by atomic mass is 16.5. The van der Waals surface area contributed by atoms with E-state index >= 15 is 0 Å². The number of fused-ring (bicyclic) bond motifs is 2. The first-order valence-corrected chi connectivity index (χ1v) is 7.85. The Balaban J connectivity index is 1.58. The third-order valence-corrected chi connectivity index (χ3v) is 4.11. The standard InChI is InChI=1S/C18H17N3O3/c1-10(22)17-20-14-4-3-13(9-15(14)21-17)19-18(23)12-2-5-16-11(8-12)6-7-24-16/h2-5,8-10,22H,6-7H2,1H3,(H,19,23)(H,20,21). The summed E-state index contributed by atoms with van der Waals surface area (Å²) in [6.45, 7) is 2.32. The summed E-state index contributed by atoms with van der Waals surface area (Å²) in [7, 11) is 0. The highest BCUT2D eigenvalue weighted by Gasteiger charge is 2.15. The van der Waals surface area contributed by atoms with Crippen molar-refractivity contribution in [3.63, 3.8) is 0 Å². The Morgan fingerprint density at radius 2 is 2.21 bits per heavy atom. The number of aliphatic hydroxyl groups excluding tert-OH is 1. The van der Waals surface area contributed by atoms with Gasteiger partial charge in [-0.2, -0.15) is 0 Å². The molecular weight excluding hydrogens is 306 g/mol. The molecule has 0 aliphatic carbocycles. The number of carbonyl (C=O) groups excluding carboxylic acids is 1. The van der Waals surface area contributed by atoms with Gasteiger partial charge in [0, 0.05) is 17.7 Å². The van der Waals surface area contributed by atoms with E-state index in [0.717, 1.165) is 28.8 Å². The van der Waals surface area contributed by atoms with Gasteiger partial charge in [-0.1, -0.05) is 0 Å². The summed E-state index contributed by atoms with van der Waals surface area (Å²) in [6, 6.07) is 10.9. The summed E-state index contributed by atoms with van der Waals surface area (Å²) in [5.41, 5.74) is 3.86. The van der Waals surface area contributed by atoms with Gasteiger partial charge in [0.2, 0.25) is 0 Å². The van der Waals surface area contributed by atoms with E-state index in [0.29, 0.717) is 23.7 Å². The van der Waals surface area contributed by atoms with Gasteiger partial charge < -0.3 is 20.1 Å². The number of aromatic amines is 1. The molecule has 3 N–H and O–H groups in total. The van der Waals surface area contributed by atoms with Crippen LogP contribution in [0.3, 0.4) is 0 Å². The lowest BCUT2D eigenvalue weighted by Gasteiger charge is -2.06. The maximum Gasteiger partial charge on any atom is 0.255 e. The Morgan fingerprint density at radius 3 is 3.04 bits per heavy atom. The molecule has 4 rings (SSSR count). The number of H-pyrrole nitrogens is 1. The molecule has 1 aliphatic heterocycles. The number of ether oxygens (including phenoxy) is 1. The Kier molecular flexibility index (Phi) is 3.46. The lowest BCUT2D eigenvalue weighted by Crippen LogP contribution is -2.11. The molecule has 6 nitrogen and oxygen atoms in total. The molecule has 24 heavy (non-hydrogen) atoms. The fourth-order valence-electron chi connectivity index (χ4n) is 2.84. The van der Waals surface area contributed by atoms with Gasteiger partial charge in [-0.3, -0.25) is 4.79 Å². The van der Waals surface area contributed by atoms with Gasteiger partial charge in [0.25, 0.3) is 5.91 Å². The number of benzene rings is 2. The number of nitrogens with zero attached hydrogens (tertiary/aromatic N) is 1. The molecule has 6 heteroatoms. The van der Waals surface area contributed by atoms with Crippen LogP contribution < -0.4 is 10.1 Å². The van der Waals surface area contributed by atoms with E-state index in [4.69, 9.17) is 4.74 Å². The van der Waals surface area contributed by atoms with Crippen LogP contribution in [0.2, 0.25) is 0 Å². The first-order chi connectivity index (χ1) is 11.6. The molecule has 0 radical (unpaired) electrons. The minimum Gasteiger partial charge on any atom is -0.493 e. The van der Waals surface area contributed by atoms with Crippen molar-refractivity contribution in [2.75, 3.05) is 11.9 Å². The largest absolute Gasteiger partial charge is 0.493 e. The van der Waals surface area contributed by atoms with E-state index in [1.807, 2.05) is 24.3 Å². The van der Waals surface area contributed by atoms with Crippen LogP contribution in [-0.2, 0) is 6.42 Å². The number of aliphatic hydroxyl groups is 1. The van der Waals surface area contributed by atoms with E-state index in [-0.39, 0.29) is 5.91 Å². The van der Waals surface area contributed by atoms with Gasteiger partial charge >= 0.3 is 0 Å². The molecule has 2 aromatic carbocycles. The summed E-state index contributed by atoms with van der Waals surface area (Å²) in [5, 5.41) is 12.5. The van der Waals surface area contributed by atoms with Crippen molar-refractivity contribution < 1.29 is 14.6 Å². The zero-order valence-electron chi connectivity index (χ0n) is 13.2. The first-order valence-electron chi connectivity index (χ1n) is 7.85. The number of amides is 1. The monoisotopic (exact) mass is 323 g/mol. The molecule has 0 saturated heterocycles. The highest BCUT2D eigenvalue weighted by molar-refractivity contribution is 6.05. The quantitative estimate of drug-likeness (QED) is 0.691. The molecule has 0 fully saturated rings. The topological polar surface area (TPSA) is 87.2 Å². The predicted octanol–water partition coefficient (Wildman–Crippen LogP) is 2.80. The van der Waals surface area contributed by atoms with Crippen LogP contribution in [-0.4, -0.2) is 27.6 Å². The summed E-state index contributed by atoms with van der Waals surface area (Å²) >= 11 is 0. The third kappa shape index (κ3) is 2.61. The number of carbonyl (C=O) groups is 1. The van der Waals surface area contributed by atoms with Crippen molar-refractivity contribution >= 4 is 22.6 Å². The molecule has 0 bridgehead atoms. The number of aromatic nitrogens is 2. The average molecular weight is 323 g/mol. The molecule has 1 unspecified atom stereocenters. The summed E-state index contributed by atoms with van der Waals surface area (Å²) < 4.78 is 5.46. The highest BCUT2D eigenvalue weighted by Crippen LogP contribution is 2.26. The van der Waals surface area contributed by atoms with Crippen molar-refractivity contribution in [3.8, 4) is 5.75 Å². The lowest BCUT2D eigenvalue weighted by atomic mass is 10.1. The van der Waals surface area contributed by atoms with Gasteiger partial charge in [0.15, 0.2) is 0 Å². The van der Waals surface area contributed by atoms with Gasteiger partial charge in [0.1, 0.15) is 17.7 Å². The second-order valence-electron chi connectivity index (χ2n) is 5.91.